The standard InChI is InChI=1S/C31H29F3N4O7S/c1-17-8-9-31(12-25(36-45-31)46(2,42)43)24-15-37(17)30(41)26-28(44-16-18-6-4-3-5-7-18)27(39)21(14-38(24)26)29(40)35-13-20-22(33)10-19(32)11-23(20)34/h3-7,10-11,14,17,24H,8-9,12-13,15-16H2,1-2H3,(H,35,40)/t17-,24+,31-/m0/s1. The van der Waals surface area contributed by atoms with Gasteiger partial charge >= 0.3 is 0 Å². The molecule has 11 nitrogen and oxygen atoms in total. The van der Waals surface area contributed by atoms with Crippen LogP contribution in [-0.2, 0) is 27.8 Å². The fourth-order valence-electron chi connectivity index (χ4n) is 6.14. The summed E-state index contributed by atoms with van der Waals surface area (Å²) in [6.45, 7) is 1.02. The maximum absolute atomic E-state index is 14.3. The minimum atomic E-state index is -3.73. The predicted octanol–water partition coefficient (Wildman–Crippen LogP) is 3.47. The second kappa shape index (κ2) is 11.6. The zero-order chi connectivity index (χ0) is 33.0. The molecular formula is C31H29F3N4O7S. The summed E-state index contributed by atoms with van der Waals surface area (Å²) >= 11 is 0. The molecule has 0 saturated carbocycles. The van der Waals surface area contributed by atoms with E-state index in [-0.39, 0.29) is 36.4 Å². The maximum atomic E-state index is 14.3. The van der Waals surface area contributed by atoms with Gasteiger partial charge < -0.3 is 24.4 Å². The molecule has 4 heterocycles. The van der Waals surface area contributed by atoms with Gasteiger partial charge in [-0.15, -0.1) is 0 Å². The molecular weight excluding hydrogens is 629 g/mol. The van der Waals surface area contributed by atoms with Crippen LogP contribution in [0, 0.1) is 17.5 Å². The molecule has 6 rings (SSSR count). The number of aromatic nitrogens is 1. The number of nitrogens with zero attached hydrogens (tertiary/aromatic N) is 3. The number of hydrogen-bond acceptors (Lipinski definition) is 8. The molecule has 3 aliphatic rings. The Morgan fingerprint density at radius 2 is 1.85 bits per heavy atom. The number of carbonyl (C=O) groups excluding carboxylic acids is 2. The zero-order valence-corrected chi connectivity index (χ0v) is 25.6. The highest BCUT2D eigenvalue weighted by Gasteiger charge is 2.55. The van der Waals surface area contributed by atoms with Crippen molar-refractivity contribution in [3.63, 3.8) is 0 Å². The van der Waals surface area contributed by atoms with E-state index in [4.69, 9.17) is 9.57 Å². The van der Waals surface area contributed by atoms with Gasteiger partial charge in [0.1, 0.15) is 29.6 Å². The SMILES string of the molecule is C[C@H]1CC[C@]2(CC(S(C)(=O)=O)=NO2)[C@H]2CN1C(=O)c1c(OCc3ccccc3)c(=O)c(C(=O)NCc3c(F)cc(F)cc3F)cn12. The largest absolute Gasteiger partial charge is 0.483 e. The molecule has 2 amide bonds. The lowest BCUT2D eigenvalue weighted by molar-refractivity contribution is -0.0656. The van der Waals surface area contributed by atoms with E-state index in [0.717, 1.165) is 12.5 Å². The van der Waals surface area contributed by atoms with E-state index < -0.39 is 79.6 Å². The lowest BCUT2D eigenvalue weighted by Crippen LogP contribution is -2.52. The van der Waals surface area contributed by atoms with Gasteiger partial charge in [-0.2, -0.15) is 0 Å². The number of nitrogens with one attached hydrogen (secondary N) is 1. The van der Waals surface area contributed by atoms with Gasteiger partial charge in [0.15, 0.2) is 31.9 Å². The minimum absolute atomic E-state index is 0.0492. The highest BCUT2D eigenvalue weighted by atomic mass is 32.2. The Morgan fingerprint density at radius 3 is 2.50 bits per heavy atom. The van der Waals surface area contributed by atoms with E-state index >= 15 is 0 Å². The van der Waals surface area contributed by atoms with Crippen LogP contribution < -0.4 is 15.5 Å². The van der Waals surface area contributed by atoms with Gasteiger partial charge in [0.2, 0.25) is 5.43 Å². The van der Waals surface area contributed by atoms with Crippen molar-refractivity contribution in [3.8, 4) is 5.75 Å². The van der Waals surface area contributed by atoms with Gasteiger partial charge in [-0.05, 0) is 25.3 Å². The molecule has 1 saturated heterocycles. The number of carbonyl (C=O) groups is 2. The fraction of sp³-hybridized carbons (Fsp3) is 0.355. The number of sulfone groups is 1. The third-order valence-electron chi connectivity index (χ3n) is 8.70. The first-order valence-electron chi connectivity index (χ1n) is 14.4. The molecule has 3 aromatic rings. The predicted molar refractivity (Wildman–Crippen MR) is 158 cm³/mol. The van der Waals surface area contributed by atoms with Crippen molar-refractivity contribution in [2.75, 3.05) is 12.8 Å². The molecule has 0 radical (unpaired) electrons. The van der Waals surface area contributed by atoms with E-state index in [9.17, 15) is 36.0 Å². The summed E-state index contributed by atoms with van der Waals surface area (Å²) in [7, 11) is -3.73. The molecule has 1 spiro atoms. The summed E-state index contributed by atoms with van der Waals surface area (Å²) in [4.78, 5) is 48.9. The van der Waals surface area contributed by atoms with Crippen LogP contribution in [0.5, 0.6) is 5.75 Å². The van der Waals surface area contributed by atoms with Gasteiger partial charge in [0.25, 0.3) is 11.8 Å². The lowest BCUT2D eigenvalue weighted by atomic mass is 9.85. The van der Waals surface area contributed by atoms with Crippen LogP contribution in [0.1, 0.15) is 64.2 Å². The van der Waals surface area contributed by atoms with Crippen molar-refractivity contribution in [2.45, 2.75) is 57.0 Å². The first-order chi connectivity index (χ1) is 21.8. The normalized spacial score (nSPS) is 22.2. The summed E-state index contributed by atoms with van der Waals surface area (Å²) in [6, 6.07) is 8.57. The van der Waals surface area contributed by atoms with Crippen LogP contribution in [0.4, 0.5) is 13.2 Å². The smallest absolute Gasteiger partial charge is 0.274 e. The van der Waals surface area contributed by atoms with Gasteiger partial charge in [-0.25, -0.2) is 21.6 Å². The number of amides is 2. The molecule has 2 bridgehead atoms. The van der Waals surface area contributed by atoms with E-state index in [0.29, 0.717) is 30.5 Å². The highest BCUT2D eigenvalue weighted by molar-refractivity contribution is 8.05. The van der Waals surface area contributed by atoms with E-state index in [1.54, 1.807) is 35.2 Å². The second-order valence-electron chi connectivity index (χ2n) is 11.7. The maximum Gasteiger partial charge on any atom is 0.274 e. The average Bonchev–Trinajstić information content (AvgIpc) is 3.40. The second-order valence-corrected chi connectivity index (χ2v) is 13.7. The Kier molecular flexibility index (Phi) is 7.90. The van der Waals surface area contributed by atoms with Crippen molar-refractivity contribution in [1.82, 2.24) is 14.8 Å². The highest BCUT2D eigenvalue weighted by Crippen LogP contribution is 2.46. The monoisotopic (exact) mass is 658 g/mol. The number of hydrogen-bond donors (Lipinski definition) is 1. The van der Waals surface area contributed by atoms with E-state index in [2.05, 4.69) is 10.5 Å². The Balaban J connectivity index is 1.47. The molecule has 3 aliphatic heterocycles. The van der Waals surface area contributed by atoms with Crippen LogP contribution in [0.15, 0.2) is 58.6 Å². The van der Waals surface area contributed by atoms with Gasteiger partial charge in [0.05, 0.1) is 6.04 Å². The minimum Gasteiger partial charge on any atom is -0.483 e. The zero-order valence-electron chi connectivity index (χ0n) is 24.8. The van der Waals surface area contributed by atoms with E-state index in [1.165, 1.54) is 4.57 Å². The summed E-state index contributed by atoms with van der Waals surface area (Å²) < 4.78 is 74.3. The van der Waals surface area contributed by atoms with Crippen LogP contribution in [-0.4, -0.2) is 59.2 Å². The molecule has 242 valence electrons. The number of fused-ring (bicyclic) bond motifs is 5. The van der Waals surface area contributed by atoms with Crippen molar-refractivity contribution < 1.29 is 40.8 Å². The molecule has 3 atom stereocenters. The van der Waals surface area contributed by atoms with Gasteiger partial charge in [0, 0.05) is 55.7 Å². The van der Waals surface area contributed by atoms with Gasteiger partial charge in [-0.3, -0.25) is 14.4 Å². The molecule has 0 unspecified atom stereocenters. The quantitative estimate of drug-likeness (QED) is 0.429. The summed E-state index contributed by atoms with van der Waals surface area (Å²) in [5.41, 5.74) is -2.83. The van der Waals surface area contributed by atoms with Crippen LogP contribution in [0.3, 0.4) is 0 Å². The Labute approximate surface area is 261 Å². The molecule has 1 fully saturated rings. The van der Waals surface area contributed by atoms with Crippen molar-refractivity contribution in [1.29, 1.82) is 0 Å². The Hall–Kier alpha value is -4.66. The lowest BCUT2D eigenvalue weighted by Gasteiger charge is -2.42. The third-order valence-corrected chi connectivity index (χ3v) is 9.77. The number of ether oxygens (including phenoxy) is 1. The first kappa shape index (κ1) is 31.3. The first-order valence-corrected chi connectivity index (χ1v) is 16.3. The van der Waals surface area contributed by atoms with Crippen molar-refractivity contribution in [3.05, 3.63) is 98.7 Å². The molecule has 2 aromatic carbocycles. The van der Waals surface area contributed by atoms with E-state index in [1.807, 2.05) is 6.92 Å². The van der Waals surface area contributed by atoms with Gasteiger partial charge in [-0.1, -0.05) is 35.5 Å². The molecule has 46 heavy (non-hydrogen) atoms. The third kappa shape index (κ3) is 5.52. The molecule has 0 aliphatic carbocycles. The van der Waals surface area contributed by atoms with Crippen molar-refractivity contribution >= 4 is 26.7 Å². The topological polar surface area (TPSA) is 136 Å². The summed E-state index contributed by atoms with van der Waals surface area (Å²) in [5.74, 6) is -5.60. The van der Waals surface area contributed by atoms with Crippen LogP contribution in [0.2, 0.25) is 0 Å². The summed E-state index contributed by atoms with van der Waals surface area (Å²) in [6.07, 6.45) is 2.78. The van der Waals surface area contributed by atoms with Crippen LogP contribution in [0.25, 0.3) is 0 Å². The molecule has 1 aromatic heterocycles. The molecule has 15 heteroatoms. The number of halogens is 3. The summed E-state index contributed by atoms with van der Waals surface area (Å²) in [5, 5.41) is 6.02. The Morgan fingerprint density at radius 1 is 1.15 bits per heavy atom. The van der Waals surface area contributed by atoms with Crippen LogP contribution >= 0.6 is 0 Å². The molecule has 1 N–H and O–H groups in total. The number of rotatable bonds is 6. The van der Waals surface area contributed by atoms with Crippen molar-refractivity contribution in [2.24, 2.45) is 5.16 Å². The Bertz CT molecular complexity index is 1930. The number of pyridine rings is 1. The number of benzene rings is 2. The average molecular weight is 659 g/mol. The fourth-order valence-corrected chi connectivity index (χ4v) is 6.81. The number of oxime groups is 1.